The molecule has 56 valence electrons. The van der Waals surface area contributed by atoms with Crippen LogP contribution in [0.1, 0.15) is 6.42 Å². The Morgan fingerprint density at radius 2 is 2.27 bits per heavy atom. The molecule has 1 aliphatic carbocycles. The highest BCUT2D eigenvalue weighted by Crippen LogP contribution is 2.04. The first-order valence-electron chi connectivity index (χ1n) is 3.37. The van der Waals surface area contributed by atoms with Gasteiger partial charge in [0.2, 0.25) is 5.78 Å². The van der Waals surface area contributed by atoms with E-state index < -0.39 is 5.78 Å². The first-order valence-corrected chi connectivity index (χ1v) is 3.37. The Bertz CT molecular complexity index is 257. The summed E-state index contributed by atoms with van der Waals surface area (Å²) in [5, 5.41) is 0. The lowest BCUT2D eigenvalue weighted by atomic mass is 10.1. The molecule has 0 aromatic carbocycles. The lowest BCUT2D eigenvalue weighted by molar-refractivity contribution is -0.127. The topological polar surface area (TPSA) is 34.1 Å². The summed E-state index contributed by atoms with van der Waals surface area (Å²) >= 11 is 0. The van der Waals surface area contributed by atoms with Crippen molar-refractivity contribution < 1.29 is 9.59 Å². The van der Waals surface area contributed by atoms with E-state index in [2.05, 4.69) is 0 Å². The van der Waals surface area contributed by atoms with Gasteiger partial charge in [0, 0.05) is 5.57 Å². The highest BCUT2D eigenvalue weighted by molar-refractivity contribution is 6.34. The van der Waals surface area contributed by atoms with Crippen LogP contribution in [0.2, 0.25) is 0 Å². The van der Waals surface area contributed by atoms with Crippen LogP contribution in [-0.4, -0.2) is 12.1 Å². The summed E-state index contributed by atoms with van der Waals surface area (Å²) in [5.74, 6) is -0.465. The third kappa shape index (κ3) is 2.00. The van der Waals surface area contributed by atoms with Crippen LogP contribution < -0.4 is 0 Å². The molecule has 0 aromatic heterocycles. The third-order valence-corrected chi connectivity index (χ3v) is 1.37. The molecule has 1 aliphatic rings. The molecular weight excluding hydrogens is 140 g/mol. The van der Waals surface area contributed by atoms with Gasteiger partial charge in [0.05, 0.1) is 0 Å². The molecule has 0 N–H and O–H groups in total. The van der Waals surface area contributed by atoms with Gasteiger partial charge in [-0.15, -0.1) is 0 Å². The fraction of sp³-hybridized carbons (Fsp3) is 0.111. The molecule has 0 aromatic rings. The van der Waals surface area contributed by atoms with E-state index in [9.17, 15) is 9.59 Å². The van der Waals surface area contributed by atoms with Crippen molar-refractivity contribution in [2.24, 2.45) is 0 Å². The Balaban J connectivity index is 2.85. The van der Waals surface area contributed by atoms with Crippen molar-refractivity contribution >= 4 is 12.1 Å². The van der Waals surface area contributed by atoms with Crippen LogP contribution in [0.3, 0.4) is 0 Å². The Morgan fingerprint density at radius 1 is 1.45 bits per heavy atom. The van der Waals surface area contributed by atoms with E-state index in [-0.39, 0.29) is 0 Å². The van der Waals surface area contributed by atoms with Crippen LogP contribution in [-0.2, 0) is 9.59 Å². The molecule has 0 saturated heterocycles. The van der Waals surface area contributed by atoms with Gasteiger partial charge >= 0.3 is 0 Å². The lowest BCUT2D eigenvalue weighted by Gasteiger charge is -1.88. The Kier molecular flexibility index (Phi) is 2.55. The van der Waals surface area contributed by atoms with Gasteiger partial charge in [-0.1, -0.05) is 30.4 Å². The SMILES string of the molecule is O=CC(=O)C1=CC=CCC=C1. The molecule has 2 nitrogen and oxygen atoms in total. The average Bonchev–Trinajstić information content (AvgIpc) is 2.30. The van der Waals surface area contributed by atoms with E-state index in [1.807, 2.05) is 12.2 Å². The Labute approximate surface area is 64.9 Å². The van der Waals surface area contributed by atoms with Crippen molar-refractivity contribution in [1.29, 1.82) is 0 Å². The minimum atomic E-state index is -0.465. The maximum absolute atomic E-state index is 10.8. The van der Waals surface area contributed by atoms with Crippen LogP contribution in [0.15, 0.2) is 36.0 Å². The molecule has 0 bridgehead atoms. The molecule has 11 heavy (non-hydrogen) atoms. The monoisotopic (exact) mass is 148 g/mol. The predicted octanol–water partition coefficient (Wildman–Crippen LogP) is 1.20. The van der Waals surface area contributed by atoms with Crippen LogP contribution in [0, 0.1) is 0 Å². The molecule has 0 saturated carbocycles. The Morgan fingerprint density at radius 3 is 3.00 bits per heavy atom. The highest BCUT2D eigenvalue weighted by atomic mass is 16.2. The predicted molar refractivity (Wildman–Crippen MR) is 42.1 cm³/mol. The fourth-order valence-corrected chi connectivity index (χ4v) is 0.812. The molecule has 0 amide bonds. The summed E-state index contributed by atoms with van der Waals surface area (Å²) in [5.41, 5.74) is 0.453. The van der Waals surface area contributed by atoms with Gasteiger partial charge in [-0.2, -0.15) is 0 Å². The largest absolute Gasteiger partial charge is 0.294 e. The van der Waals surface area contributed by atoms with Gasteiger partial charge in [0.1, 0.15) is 0 Å². The number of hydrogen-bond donors (Lipinski definition) is 0. The molecule has 0 fully saturated rings. The number of hydrogen-bond acceptors (Lipinski definition) is 2. The van der Waals surface area contributed by atoms with Crippen LogP contribution in [0.5, 0.6) is 0 Å². The molecule has 0 spiro atoms. The van der Waals surface area contributed by atoms with Gasteiger partial charge in [-0.05, 0) is 6.42 Å². The summed E-state index contributed by atoms with van der Waals surface area (Å²) < 4.78 is 0. The van der Waals surface area contributed by atoms with Crippen LogP contribution in [0.25, 0.3) is 0 Å². The van der Waals surface area contributed by atoms with Crippen molar-refractivity contribution in [3.8, 4) is 0 Å². The normalized spacial score (nSPS) is 15.5. The van der Waals surface area contributed by atoms with Crippen LogP contribution >= 0.6 is 0 Å². The van der Waals surface area contributed by atoms with E-state index in [4.69, 9.17) is 0 Å². The van der Waals surface area contributed by atoms with Gasteiger partial charge in [0.15, 0.2) is 6.29 Å². The van der Waals surface area contributed by atoms with Crippen LogP contribution in [0.4, 0.5) is 0 Å². The smallest absolute Gasteiger partial charge is 0.225 e. The zero-order valence-electron chi connectivity index (χ0n) is 5.99. The zero-order chi connectivity index (χ0) is 8.10. The lowest BCUT2D eigenvalue weighted by Crippen LogP contribution is -2.00. The second-order valence-corrected chi connectivity index (χ2v) is 2.17. The maximum Gasteiger partial charge on any atom is 0.225 e. The quantitative estimate of drug-likeness (QED) is 0.435. The summed E-state index contributed by atoms with van der Waals surface area (Å²) in [6, 6.07) is 0. The van der Waals surface area contributed by atoms with E-state index in [1.165, 1.54) is 0 Å². The number of rotatable bonds is 2. The molecule has 2 heteroatoms. The second-order valence-electron chi connectivity index (χ2n) is 2.17. The number of allylic oxidation sites excluding steroid dienone is 6. The van der Waals surface area contributed by atoms with Gasteiger partial charge in [0.25, 0.3) is 0 Å². The number of Topliss-reactive ketones (excluding diaryl/α,β-unsaturated/α-hetero) is 1. The highest BCUT2D eigenvalue weighted by Gasteiger charge is 2.02. The standard InChI is InChI=1S/C9H8O2/c10-7-9(11)8-5-3-1-2-4-6-8/h1,3-7H,2H2. The molecule has 0 unspecified atom stereocenters. The van der Waals surface area contributed by atoms with Gasteiger partial charge < -0.3 is 0 Å². The minimum Gasteiger partial charge on any atom is -0.294 e. The average molecular weight is 148 g/mol. The first kappa shape index (κ1) is 7.66. The van der Waals surface area contributed by atoms with Gasteiger partial charge in [-0.25, -0.2) is 0 Å². The van der Waals surface area contributed by atoms with E-state index >= 15 is 0 Å². The minimum absolute atomic E-state index is 0.329. The molecule has 1 rings (SSSR count). The Hall–Kier alpha value is -1.44. The number of aldehydes is 1. The maximum atomic E-state index is 10.8. The summed E-state index contributed by atoms with van der Waals surface area (Å²) in [7, 11) is 0. The molecule has 0 radical (unpaired) electrons. The second kappa shape index (κ2) is 3.66. The molecular formula is C9H8O2. The molecule has 0 atom stereocenters. The fourth-order valence-electron chi connectivity index (χ4n) is 0.812. The summed E-state index contributed by atoms with van der Waals surface area (Å²) in [6.07, 6.45) is 9.98. The van der Waals surface area contributed by atoms with E-state index in [1.54, 1.807) is 18.2 Å². The zero-order valence-corrected chi connectivity index (χ0v) is 5.99. The number of carbonyl (C=O) groups excluding carboxylic acids is 2. The summed E-state index contributed by atoms with van der Waals surface area (Å²) in [4.78, 5) is 20.9. The van der Waals surface area contributed by atoms with Crippen molar-refractivity contribution in [3.05, 3.63) is 36.0 Å². The molecule has 0 aliphatic heterocycles. The summed E-state index contributed by atoms with van der Waals surface area (Å²) in [6.45, 7) is 0. The van der Waals surface area contributed by atoms with Crippen molar-refractivity contribution in [3.63, 3.8) is 0 Å². The van der Waals surface area contributed by atoms with E-state index in [0.29, 0.717) is 11.9 Å². The van der Waals surface area contributed by atoms with Crippen molar-refractivity contribution in [2.75, 3.05) is 0 Å². The van der Waals surface area contributed by atoms with Gasteiger partial charge in [-0.3, -0.25) is 9.59 Å². The third-order valence-electron chi connectivity index (χ3n) is 1.37. The van der Waals surface area contributed by atoms with Crippen molar-refractivity contribution in [1.82, 2.24) is 0 Å². The number of carbonyl (C=O) groups is 2. The first-order chi connectivity index (χ1) is 5.34. The van der Waals surface area contributed by atoms with E-state index in [0.717, 1.165) is 6.42 Å². The number of ketones is 1. The van der Waals surface area contributed by atoms with Crippen molar-refractivity contribution in [2.45, 2.75) is 6.42 Å². The molecule has 0 heterocycles.